The molecule has 1 N–H and O–H groups in total. The third-order valence-corrected chi connectivity index (χ3v) is 7.04. The number of nitrogens with one attached hydrogen (secondary N) is 1. The van der Waals surface area contributed by atoms with Crippen LogP contribution >= 0.6 is 11.3 Å². The molecule has 0 bridgehead atoms. The lowest BCUT2D eigenvalue weighted by molar-refractivity contribution is -0.124. The van der Waals surface area contributed by atoms with Crippen LogP contribution in [0.3, 0.4) is 0 Å². The summed E-state index contributed by atoms with van der Waals surface area (Å²) in [6, 6.07) is 16.3. The quantitative estimate of drug-likeness (QED) is 0.403. The third kappa shape index (κ3) is 4.46. The Hall–Kier alpha value is -4.69. The summed E-state index contributed by atoms with van der Waals surface area (Å²) < 4.78 is 6.10. The number of anilines is 1. The molecule has 0 aliphatic carbocycles. The molecule has 5 rings (SSSR count). The van der Waals surface area contributed by atoms with Crippen LogP contribution in [0.5, 0.6) is 11.8 Å². The Kier molecular flexibility index (Phi) is 6.34. The summed E-state index contributed by atoms with van der Waals surface area (Å²) in [4.78, 5) is 36.4. The number of hydrogen-bond donors (Lipinski definition) is 1. The fraction of sp³-hybridized carbons (Fsp3) is 0.222. The normalized spacial score (nSPS) is 13.9. The predicted molar refractivity (Wildman–Crippen MR) is 141 cm³/mol. The van der Waals surface area contributed by atoms with Gasteiger partial charge in [0.2, 0.25) is 22.8 Å². The van der Waals surface area contributed by atoms with Gasteiger partial charge in [0.25, 0.3) is 5.91 Å². The van der Waals surface area contributed by atoms with E-state index in [-0.39, 0.29) is 23.4 Å². The fourth-order valence-corrected chi connectivity index (χ4v) is 4.86. The number of ether oxygens (including phenoxy) is 1. The molecule has 0 fully saturated rings. The summed E-state index contributed by atoms with van der Waals surface area (Å²) >= 11 is 1.23. The van der Waals surface area contributed by atoms with Gasteiger partial charge in [0, 0.05) is 42.3 Å². The topological polar surface area (TPSA) is 134 Å². The van der Waals surface area contributed by atoms with Crippen molar-refractivity contribution in [3.8, 4) is 29.1 Å². The van der Waals surface area contributed by atoms with Gasteiger partial charge in [0.15, 0.2) is 0 Å². The molecule has 3 aromatic heterocycles. The number of rotatable bonds is 5. The van der Waals surface area contributed by atoms with Gasteiger partial charge in [0.1, 0.15) is 17.3 Å². The lowest BCUT2D eigenvalue weighted by atomic mass is 9.70. The first kappa shape index (κ1) is 25.0. The van der Waals surface area contributed by atoms with E-state index in [0.717, 1.165) is 5.56 Å². The fourth-order valence-electron chi connectivity index (χ4n) is 4.42. The summed E-state index contributed by atoms with van der Waals surface area (Å²) in [7, 11) is 3.41. The highest BCUT2D eigenvalue weighted by Crippen LogP contribution is 2.51. The maximum atomic E-state index is 13.5. The molecule has 10 nitrogen and oxygen atoms in total. The SMILES string of the molecule is CN(C)C(=O)c1ccc(-c2ccc3c(n2)Oc2nc(C#N)ccc2C3C(C)(C)C(=O)Nc2nncs2)cc1. The molecule has 0 radical (unpaired) electrons. The third-order valence-electron chi connectivity index (χ3n) is 6.43. The molecule has 11 heteroatoms. The highest BCUT2D eigenvalue weighted by atomic mass is 32.1. The number of nitrogens with zero attached hydrogens (tertiary/aromatic N) is 6. The van der Waals surface area contributed by atoms with Gasteiger partial charge in [-0.1, -0.05) is 49.4 Å². The summed E-state index contributed by atoms with van der Waals surface area (Å²) in [5, 5.41) is 20.3. The minimum absolute atomic E-state index is 0.0915. The standard InChI is InChI=1S/C27H23N7O3S/c1-27(2,25(36)32-26-33-29-14-38-26)21-18-10-9-17(13-28)30-22(18)37-23-19(21)11-12-20(31-23)15-5-7-16(8-6-15)24(35)34(3)4/h5-12,14,21H,1-4H3,(H,32,33,36). The number of amides is 2. The van der Waals surface area contributed by atoms with Crippen LogP contribution in [0.15, 0.2) is 54.0 Å². The van der Waals surface area contributed by atoms with Gasteiger partial charge >= 0.3 is 0 Å². The first-order valence-electron chi connectivity index (χ1n) is 11.7. The number of fused-ring (bicyclic) bond motifs is 2. The number of pyridine rings is 2. The first-order valence-corrected chi connectivity index (χ1v) is 12.6. The monoisotopic (exact) mass is 525 g/mol. The lowest BCUT2D eigenvalue weighted by Gasteiger charge is -2.37. The van der Waals surface area contributed by atoms with Crippen molar-refractivity contribution in [2.75, 3.05) is 19.4 Å². The van der Waals surface area contributed by atoms with E-state index in [0.29, 0.717) is 33.4 Å². The average Bonchev–Trinajstić information content (AvgIpc) is 3.43. The molecule has 0 saturated heterocycles. The number of benzene rings is 1. The van der Waals surface area contributed by atoms with Gasteiger partial charge in [-0.15, -0.1) is 10.2 Å². The van der Waals surface area contributed by atoms with Crippen LogP contribution in [-0.2, 0) is 4.79 Å². The molecule has 1 atom stereocenters. The minimum Gasteiger partial charge on any atom is -0.420 e. The number of nitriles is 1. The van der Waals surface area contributed by atoms with E-state index < -0.39 is 11.3 Å². The largest absolute Gasteiger partial charge is 0.420 e. The van der Waals surface area contributed by atoms with Crippen molar-refractivity contribution >= 4 is 28.3 Å². The Bertz CT molecular complexity index is 1580. The van der Waals surface area contributed by atoms with Gasteiger partial charge in [-0.25, -0.2) is 9.97 Å². The van der Waals surface area contributed by atoms with Crippen molar-refractivity contribution < 1.29 is 14.3 Å². The molecule has 190 valence electrons. The Morgan fingerprint density at radius 2 is 1.71 bits per heavy atom. The molecule has 1 unspecified atom stereocenters. The van der Waals surface area contributed by atoms with Crippen molar-refractivity contribution in [2.45, 2.75) is 19.8 Å². The molecule has 38 heavy (non-hydrogen) atoms. The van der Waals surface area contributed by atoms with Crippen molar-refractivity contribution in [1.82, 2.24) is 25.1 Å². The molecule has 2 amide bonds. The molecule has 0 spiro atoms. The molecule has 1 aliphatic rings. The number of carbonyl (C=O) groups excluding carboxylic acids is 2. The first-order chi connectivity index (χ1) is 18.2. The van der Waals surface area contributed by atoms with Crippen molar-refractivity contribution in [1.29, 1.82) is 5.26 Å². The summed E-state index contributed by atoms with van der Waals surface area (Å²) in [6.45, 7) is 3.67. The van der Waals surface area contributed by atoms with Crippen molar-refractivity contribution in [2.24, 2.45) is 5.41 Å². The van der Waals surface area contributed by atoms with Crippen LogP contribution in [-0.4, -0.2) is 51.0 Å². The second-order valence-electron chi connectivity index (χ2n) is 9.53. The van der Waals surface area contributed by atoms with Crippen LogP contribution in [0, 0.1) is 16.7 Å². The average molecular weight is 526 g/mol. The van der Waals surface area contributed by atoms with Gasteiger partial charge in [-0.3, -0.25) is 9.59 Å². The molecule has 4 aromatic rings. The Labute approximate surface area is 223 Å². The second kappa shape index (κ2) is 9.64. The van der Waals surface area contributed by atoms with Gasteiger partial charge in [0.05, 0.1) is 11.1 Å². The molecule has 1 aliphatic heterocycles. The highest BCUT2D eigenvalue weighted by Gasteiger charge is 2.45. The van der Waals surface area contributed by atoms with Crippen molar-refractivity contribution in [3.63, 3.8) is 0 Å². The van der Waals surface area contributed by atoms with Gasteiger partial charge in [-0.05, 0) is 24.3 Å². The van der Waals surface area contributed by atoms with E-state index in [1.54, 1.807) is 43.9 Å². The Balaban J connectivity index is 1.56. The number of carbonyl (C=O) groups is 2. The smallest absolute Gasteiger partial charge is 0.253 e. The molecule has 1 aromatic carbocycles. The Morgan fingerprint density at radius 3 is 2.34 bits per heavy atom. The van der Waals surface area contributed by atoms with E-state index in [9.17, 15) is 14.9 Å². The highest BCUT2D eigenvalue weighted by molar-refractivity contribution is 7.13. The molecule has 0 saturated carbocycles. The Morgan fingerprint density at radius 1 is 1.03 bits per heavy atom. The lowest BCUT2D eigenvalue weighted by Crippen LogP contribution is -2.38. The van der Waals surface area contributed by atoms with Crippen molar-refractivity contribution in [3.05, 3.63) is 76.4 Å². The van der Waals surface area contributed by atoms with E-state index in [1.165, 1.54) is 16.2 Å². The van der Waals surface area contributed by atoms with Crippen LogP contribution in [0.2, 0.25) is 0 Å². The van der Waals surface area contributed by atoms with E-state index >= 15 is 0 Å². The van der Waals surface area contributed by atoms with Gasteiger partial charge < -0.3 is 15.0 Å². The summed E-state index contributed by atoms with van der Waals surface area (Å²) in [6.07, 6.45) is 0. The van der Waals surface area contributed by atoms with E-state index in [2.05, 4.69) is 20.5 Å². The van der Waals surface area contributed by atoms with Gasteiger partial charge in [-0.2, -0.15) is 5.26 Å². The zero-order chi connectivity index (χ0) is 27.0. The van der Waals surface area contributed by atoms with Crippen LogP contribution < -0.4 is 10.1 Å². The zero-order valence-corrected chi connectivity index (χ0v) is 21.9. The molecule has 4 heterocycles. The van der Waals surface area contributed by atoms with E-state index in [1.807, 2.05) is 44.2 Å². The van der Waals surface area contributed by atoms with E-state index in [4.69, 9.17) is 9.72 Å². The van der Waals surface area contributed by atoms with Crippen LogP contribution in [0.1, 0.15) is 46.9 Å². The predicted octanol–water partition coefficient (Wildman–Crippen LogP) is 4.47. The molecular formula is C27H23N7O3S. The minimum atomic E-state index is -0.980. The number of aromatic nitrogens is 4. The number of hydrogen-bond acceptors (Lipinski definition) is 9. The second-order valence-corrected chi connectivity index (χ2v) is 10.4. The maximum Gasteiger partial charge on any atom is 0.253 e. The van der Waals surface area contributed by atoms with Crippen LogP contribution in [0.25, 0.3) is 11.3 Å². The van der Waals surface area contributed by atoms with Crippen LogP contribution in [0.4, 0.5) is 5.13 Å². The molecular weight excluding hydrogens is 502 g/mol. The maximum absolute atomic E-state index is 13.5. The summed E-state index contributed by atoms with van der Waals surface area (Å²) in [5.41, 5.74) is 4.14. The summed E-state index contributed by atoms with van der Waals surface area (Å²) in [5.74, 6) is -0.294. The zero-order valence-electron chi connectivity index (χ0n) is 21.1.